The van der Waals surface area contributed by atoms with Crippen molar-refractivity contribution in [1.29, 1.82) is 0 Å². The quantitative estimate of drug-likeness (QED) is 0.693. The first kappa shape index (κ1) is 13.5. The molecule has 0 bridgehead atoms. The molecule has 0 amide bonds. The summed E-state index contributed by atoms with van der Waals surface area (Å²) in [5.41, 5.74) is 6.72. The van der Waals surface area contributed by atoms with Crippen LogP contribution in [0.2, 0.25) is 0 Å². The van der Waals surface area contributed by atoms with Gasteiger partial charge in [0.15, 0.2) is 0 Å². The van der Waals surface area contributed by atoms with Crippen LogP contribution in [0.25, 0.3) is 22.5 Å². The number of benzene rings is 2. The monoisotopic (exact) mass is 274 g/mol. The normalized spacial score (nSPS) is 10.6. The van der Waals surface area contributed by atoms with Gasteiger partial charge in [0.1, 0.15) is 0 Å². The molecular weight excluding hydrogens is 256 g/mol. The van der Waals surface area contributed by atoms with Crippen LogP contribution in [0.15, 0.2) is 60.9 Å². The van der Waals surface area contributed by atoms with E-state index >= 15 is 0 Å². The maximum absolute atomic E-state index is 4.59. The number of aryl methyl sites for hydroxylation is 2. The van der Waals surface area contributed by atoms with E-state index in [9.17, 15) is 0 Å². The molecule has 0 N–H and O–H groups in total. The lowest BCUT2D eigenvalue weighted by atomic mass is 9.98. The topological polar surface area (TPSA) is 25.8 Å². The molecule has 2 heteroatoms. The first-order chi connectivity index (χ1) is 10.3. The van der Waals surface area contributed by atoms with Gasteiger partial charge in [-0.05, 0) is 18.9 Å². The Bertz CT molecular complexity index is 746. The lowest BCUT2D eigenvalue weighted by Gasteiger charge is -2.11. The summed E-state index contributed by atoms with van der Waals surface area (Å²) in [4.78, 5) is 9.16. The van der Waals surface area contributed by atoms with Gasteiger partial charge >= 0.3 is 0 Å². The van der Waals surface area contributed by atoms with E-state index in [1.165, 1.54) is 16.7 Å². The van der Waals surface area contributed by atoms with Crippen molar-refractivity contribution in [3.8, 4) is 22.5 Å². The molecule has 3 aromatic rings. The summed E-state index contributed by atoms with van der Waals surface area (Å²) in [6, 6.07) is 16.9. The summed E-state index contributed by atoms with van der Waals surface area (Å²) in [6.07, 6.45) is 4.51. The number of hydrogen-bond acceptors (Lipinski definition) is 2. The Labute approximate surface area is 125 Å². The minimum atomic E-state index is 0.943. The molecule has 104 valence electrons. The van der Waals surface area contributed by atoms with Crippen molar-refractivity contribution in [2.24, 2.45) is 0 Å². The fraction of sp³-hybridized carbons (Fsp3) is 0.158. The molecule has 0 saturated carbocycles. The van der Waals surface area contributed by atoms with Crippen LogP contribution in [0, 0.1) is 6.92 Å². The maximum Gasteiger partial charge on any atom is 0.0967 e. The number of nitrogens with zero attached hydrogens (tertiary/aromatic N) is 2. The number of rotatable bonds is 3. The zero-order valence-electron chi connectivity index (χ0n) is 12.4. The van der Waals surface area contributed by atoms with Crippen LogP contribution < -0.4 is 0 Å². The number of aromatic nitrogens is 2. The van der Waals surface area contributed by atoms with Crippen LogP contribution in [0.1, 0.15) is 18.1 Å². The highest BCUT2D eigenvalue weighted by Crippen LogP contribution is 2.30. The fourth-order valence-corrected chi connectivity index (χ4v) is 2.52. The molecule has 0 saturated heterocycles. The molecule has 0 fully saturated rings. The van der Waals surface area contributed by atoms with Crippen molar-refractivity contribution in [3.05, 3.63) is 72.1 Å². The minimum Gasteiger partial charge on any atom is -0.252 e. The average Bonchev–Trinajstić information content (AvgIpc) is 2.55. The van der Waals surface area contributed by atoms with Gasteiger partial charge in [-0.3, -0.25) is 9.97 Å². The molecule has 1 aromatic heterocycles. The molecule has 0 unspecified atom stereocenters. The molecule has 2 nitrogen and oxygen atoms in total. The summed E-state index contributed by atoms with van der Waals surface area (Å²) in [7, 11) is 0. The lowest BCUT2D eigenvalue weighted by Crippen LogP contribution is -1.95. The lowest BCUT2D eigenvalue weighted by molar-refractivity contribution is 1.13. The summed E-state index contributed by atoms with van der Waals surface area (Å²) < 4.78 is 0. The van der Waals surface area contributed by atoms with E-state index in [0.29, 0.717) is 0 Å². The van der Waals surface area contributed by atoms with Gasteiger partial charge in [-0.15, -0.1) is 0 Å². The van der Waals surface area contributed by atoms with E-state index in [4.69, 9.17) is 0 Å². The third-order valence-corrected chi connectivity index (χ3v) is 3.68. The van der Waals surface area contributed by atoms with Gasteiger partial charge in [-0.25, -0.2) is 0 Å². The molecule has 0 aliphatic heterocycles. The van der Waals surface area contributed by atoms with Crippen LogP contribution in [0.3, 0.4) is 0 Å². The van der Waals surface area contributed by atoms with E-state index < -0.39 is 0 Å². The Hall–Kier alpha value is -2.48. The third-order valence-electron chi connectivity index (χ3n) is 3.68. The summed E-state index contributed by atoms with van der Waals surface area (Å²) in [5, 5.41) is 0. The van der Waals surface area contributed by atoms with E-state index in [2.05, 4.69) is 72.3 Å². The standard InChI is InChI=1S/C19H18N2/c1-3-15-6-4-5-7-17(15)19-18(20-12-13-21-19)16-10-8-14(2)9-11-16/h4-13H,3H2,1-2H3. The fourth-order valence-electron chi connectivity index (χ4n) is 2.52. The van der Waals surface area contributed by atoms with Gasteiger partial charge in [0.2, 0.25) is 0 Å². The van der Waals surface area contributed by atoms with Crippen molar-refractivity contribution in [2.75, 3.05) is 0 Å². The Morgan fingerprint density at radius 3 is 2.19 bits per heavy atom. The van der Waals surface area contributed by atoms with Gasteiger partial charge < -0.3 is 0 Å². The highest BCUT2D eigenvalue weighted by molar-refractivity contribution is 5.79. The van der Waals surface area contributed by atoms with E-state index in [-0.39, 0.29) is 0 Å². The number of hydrogen-bond donors (Lipinski definition) is 0. The molecule has 0 radical (unpaired) electrons. The van der Waals surface area contributed by atoms with Crippen molar-refractivity contribution < 1.29 is 0 Å². The highest BCUT2D eigenvalue weighted by Gasteiger charge is 2.12. The second kappa shape index (κ2) is 5.88. The molecular formula is C19H18N2. The molecule has 0 aliphatic carbocycles. The predicted molar refractivity (Wildman–Crippen MR) is 87.0 cm³/mol. The van der Waals surface area contributed by atoms with Gasteiger partial charge in [-0.2, -0.15) is 0 Å². The van der Waals surface area contributed by atoms with Gasteiger partial charge in [-0.1, -0.05) is 61.0 Å². The van der Waals surface area contributed by atoms with Gasteiger partial charge in [0.05, 0.1) is 11.4 Å². The molecule has 0 atom stereocenters. The Balaban J connectivity index is 2.18. The van der Waals surface area contributed by atoms with Crippen molar-refractivity contribution in [3.63, 3.8) is 0 Å². The van der Waals surface area contributed by atoms with Crippen molar-refractivity contribution >= 4 is 0 Å². The van der Waals surface area contributed by atoms with Crippen LogP contribution in [-0.4, -0.2) is 9.97 Å². The summed E-state index contributed by atoms with van der Waals surface area (Å²) >= 11 is 0. The SMILES string of the molecule is CCc1ccccc1-c1nccnc1-c1ccc(C)cc1. The zero-order chi connectivity index (χ0) is 14.7. The first-order valence-electron chi connectivity index (χ1n) is 7.26. The molecule has 1 heterocycles. The molecule has 0 aliphatic rings. The summed E-state index contributed by atoms with van der Waals surface area (Å²) in [6.45, 7) is 4.26. The van der Waals surface area contributed by atoms with Crippen molar-refractivity contribution in [2.45, 2.75) is 20.3 Å². The van der Waals surface area contributed by atoms with Gasteiger partial charge in [0, 0.05) is 23.5 Å². The van der Waals surface area contributed by atoms with E-state index in [0.717, 1.165) is 23.4 Å². The highest BCUT2D eigenvalue weighted by atomic mass is 14.8. The van der Waals surface area contributed by atoms with Crippen LogP contribution >= 0.6 is 0 Å². The second-order valence-electron chi connectivity index (χ2n) is 5.13. The second-order valence-corrected chi connectivity index (χ2v) is 5.13. The van der Waals surface area contributed by atoms with Crippen molar-refractivity contribution in [1.82, 2.24) is 9.97 Å². The van der Waals surface area contributed by atoms with Gasteiger partial charge in [0.25, 0.3) is 0 Å². The third kappa shape index (κ3) is 2.70. The first-order valence-corrected chi connectivity index (χ1v) is 7.26. The zero-order valence-corrected chi connectivity index (χ0v) is 12.4. The van der Waals surface area contributed by atoms with Crippen LogP contribution in [0.5, 0.6) is 0 Å². The molecule has 3 rings (SSSR count). The van der Waals surface area contributed by atoms with Crippen LogP contribution in [0.4, 0.5) is 0 Å². The molecule has 0 spiro atoms. The molecule has 21 heavy (non-hydrogen) atoms. The largest absolute Gasteiger partial charge is 0.252 e. The average molecular weight is 274 g/mol. The van der Waals surface area contributed by atoms with Crippen LogP contribution in [-0.2, 0) is 6.42 Å². The smallest absolute Gasteiger partial charge is 0.0967 e. The molecule has 2 aromatic carbocycles. The Kier molecular flexibility index (Phi) is 3.78. The predicted octanol–water partition coefficient (Wildman–Crippen LogP) is 4.68. The Morgan fingerprint density at radius 2 is 1.48 bits per heavy atom. The maximum atomic E-state index is 4.59. The van der Waals surface area contributed by atoms with E-state index in [1.54, 1.807) is 12.4 Å². The minimum absolute atomic E-state index is 0.943. The van der Waals surface area contributed by atoms with E-state index in [1.807, 2.05) is 0 Å². The Morgan fingerprint density at radius 1 is 0.810 bits per heavy atom. The summed E-state index contributed by atoms with van der Waals surface area (Å²) in [5.74, 6) is 0.